The van der Waals surface area contributed by atoms with Crippen molar-refractivity contribution < 1.29 is 4.39 Å². The Morgan fingerprint density at radius 2 is 2.05 bits per heavy atom. The molecule has 0 atom stereocenters. The molecular weight excluding hydrogens is 307 g/mol. The summed E-state index contributed by atoms with van der Waals surface area (Å²) >= 11 is 3.15. The minimum Gasteiger partial charge on any atom is -0.381 e. The number of nitrogens with zero attached hydrogens (tertiary/aromatic N) is 1. The minimum absolute atomic E-state index is 0.278. The number of anilines is 1. The molecule has 0 bridgehead atoms. The van der Waals surface area contributed by atoms with Crippen molar-refractivity contribution in [2.45, 2.75) is 13.5 Å². The van der Waals surface area contributed by atoms with Gasteiger partial charge in [-0.2, -0.15) is 5.26 Å². The van der Waals surface area contributed by atoms with Crippen molar-refractivity contribution in [3.05, 3.63) is 63.4 Å². The van der Waals surface area contributed by atoms with E-state index in [1.165, 1.54) is 6.07 Å². The second kappa shape index (κ2) is 5.85. The third-order valence-electron chi connectivity index (χ3n) is 2.87. The van der Waals surface area contributed by atoms with E-state index in [9.17, 15) is 4.39 Å². The third-order valence-corrected chi connectivity index (χ3v) is 3.48. The Morgan fingerprint density at radius 1 is 1.26 bits per heavy atom. The number of aryl methyl sites for hydroxylation is 1. The minimum atomic E-state index is -0.278. The van der Waals surface area contributed by atoms with Gasteiger partial charge in [-0.05, 0) is 64.3 Å². The van der Waals surface area contributed by atoms with Crippen molar-refractivity contribution in [2.75, 3.05) is 5.32 Å². The van der Waals surface area contributed by atoms with Gasteiger partial charge >= 0.3 is 0 Å². The van der Waals surface area contributed by atoms with Gasteiger partial charge in [0.2, 0.25) is 0 Å². The van der Waals surface area contributed by atoms with E-state index in [0.717, 1.165) is 16.8 Å². The molecule has 2 nitrogen and oxygen atoms in total. The average Bonchev–Trinajstić information content (AvgIpc) is 2.41. The molecule has 0 heterocycles. The van der Waals surface area contributed by atoms with Crippen LogP contribution in [0.5, 0.6) is 0 Å². The van der Waals surface area contributed by atoms with Gasteiger partial charge in [-0.25, -0.2) is 4.39 Å². The molecule has 0 radical (unpaired) electrons. The number of halogens is 2. The Hall–Kier alpha value is -1.86. The summed E-state index contributed by atoms with van der Waals surface area (Å²) in [5.41, 5.74) is 3.68. The molecular formula is C15H12BrFN2. The molecule has 0 spiro atoms. The van der Waals surface area contributed by atoms with E-state index < -0.39 is 0 Å². The van der Waals surface area contributed by atoms with Crippen LogP contribution in [-0.2, 0) is 6.54 Å². The second-order valence-electron chi connectivity index (χ2n) is 4.24. The predicted molar refractivity (Wildman–Crippen MR) is 77.3 cm³/mol. The van der Waals surface area contributed by atoms with Crippen LogP contribution in [0.1, 0.15) is 16.7 Å². The van der Waals surface area contributed by atoms with Crippen molar-refractivity contribution in [1.82, 2.24) is 0 Å². The predicted octanol–water partition coefficient (Wildman–Crippen LogP) is 4.38. The van der Waals surface area contributed by atoms with Gasteiger partial charge in [0.25, 0.3) is 0 Å². The molecule has 0 saturated heterocycles. The first kappa shape index (κ1) is 13.6. The normalized spacial score (nSPS) is 10.0. The Labute approximate surface area is 120 Å². The zero-order valence-electron chi connectivity index (χ0n) is 10.4. The monoisotopic (exact) mass is 318 g/mol. The molecule has 0 aliphatic carbocycles. The number of nitrogens with one attached hydrogen (secondary N) is 1. The number of rotatable bonds is 3. The van der Waals surface area contributed by atoms with E-state index in [-0.39, 0.29) is 5.82 Å². The Kier molecular flexibility index (Phi) is 4.18. The van der Waals surface area contributed by atoms with Crippen molar-refractivity contribution in [3.8, 4) is 6.07 Å². The van der Waals surface area contributed by atoms with Crippen molar-refractivity contribution >= 4 is 21.6 Å². The zero-order valence-corrected chi connectivity index (χ0v) is 12.0. The highest BCUT2D eigenvalue weighted by molar-refractivity contribution is 9.10. The van der Waals surface area contributed by atoms with Crippen LogP contribution in [0.4, 0.5) is 10.1 Å². The molecule has 0 aliphatic rings. The summed E-state index contributed by atoms with van der Waals surface area (Å²) in [5, 5.41) is 12.0. The number of benzene rings is 2. The number of nitriles is 1. The largest absolute Gasteiger partial charge is 0.381 e. The summed E-state index contributed by atoms with van der Waals surface area (Å²) in [6.45, 7) is 2.61. The maximum atomic E-state index is 13.1. The van der Waals surface area contributed by atoms with Crippen LogP contribution in [0.15, 0.2) is 40.9 Å². The molecule has 0 fully saturated rings. The number of hydrogen-bond acceptors (Lipinski definition) is 2. The van der Waals surface area contributed by atoms with Gasteiger partial charge < -0.3 is 5.32 Å². The second-order valence-corrected chi connectivity index (χ2v) is 5.09. The smallest absolute Gasteiger partial charge is 0.137 e. The number of hydrogen-bond donors (Lipinski definition) is 1. The molecule has 19 heavy (non-hydrogen) atoms. The van der Waals surface area contributed by atoms with Crippen molar-refractivity contribution in [2.24, 2.45) is 0 Å². The topological polar surface area (TPSA) is 35.8 Å². The lowest BCUT2D eigenvalue weighted by molar-refractivity contribution is 0.621. The van der Waals surface area contributed by atoms with Crippen molar-refractivity contribution in [3.63, 3.8) is 0 Å². The molecule has 2 aromatic rings. The SMILES string of the molecule is Cc1cc(C#N)ccc1CNc1ccc(F)c(Br)c1. The van der Waals surface area contributed by atoms with E-state index in [0.29, 0.717) is 16.6 Å². The van der Waals surface area contributed by atoms with Gasteiger partial charge in [0.1, 0.15) is 5.82 Å². The third kappa shape index (κ3) is 3.33. The van der Waals surface area contributed by atoms with Gasteiger partial charge in [0, 0.05) is 12.2 Å². The molecule has 1 N–H and O–H groups in total. The van der Waals surface area contributed by atoms with Crippen LogP contribution in [0.3, 0.4) is 0 Å². The maximum Gasteiger partial charge on any atom is 0.137 e. The van der Waals surface area contributed by atoms with Crippen LogP contribution in [0.2, 0.25) is 0 Å². The molecule has 0 aliphatic heterocycles. The van der Waals surface area contributed by atoms with E-state index in [1.54, 1.807) is 18.2 Å². The first-order valence-corrected chi connectivity index (χ1v) is 6.58. The van der Waals surface area contributed by atoms with Gasteiger partial charge in [-0.1, -0.05) is 6.07 Å². The Morgan fingerprint density at radius 3 is 2.68 bits per heavy atom. The van der Waals surface area contributed by atoms with E-state index in [2.05, 4.69) is 27.3 Å². The summed E-state index contributed by atoms with van der Waals surface area (Å²) in [6, 6.07) is 12.5. The Balaban J connectivity index is 2.10. The highest BCUT2D eigenvalue weighted by Gasteiger charge is 2.02. The summed E-state index contributed by atoms with van der Waals surface area (Å²) in [5.74, 6) is -0.278. The molecule has 0 unspecified atom stereocenters. The lowest BCUT2D eigenvalue weighted by Gasteiger charge is -2.10. The first-order valence-electron chi connectivity index (χ1n) is 5.78. The fraction of sp³-hybridized carbons (Fsp3) is 0.133. The maximum absolute atomic E-state index is 13.1. The molecule has 2 rings (SSSR count). The highest BCUT2D eigenvalue weighted by Crippen LogP contribution is 2.21. The molecule has 0 saturated carbocycles. The molecule has 0 aromatic heterocycles. The van der Waals surface area contributed by atoms with Gasteiger partial charge in [0.05, 0.1) is 16.1 Å². The molecule has 0 amide bonds. The van der Waals surface area contributed by atoms with Gasteiger partial charge in [0.15, 0.2) is 0 Å². The van der Waals surface area contributed by atoms with Crippen LogP contribution < -0.4 is 5.32 Å². The molecule has 96 valence electrons. The first-order chi connectivity index (χ1) is 9.10. The standard InChI is InChI=1S/C15H12BrFN2/c1-10-6-11(8-18)2-3-12(10)9-19-13-4-5-15(17)14(16)7-13/h2-7,19H,9H2,1H3. The summed E-state index contributed by atoms with van der Waals surface area (Å²) < 4.78 is 13.5. The average molecular weight is 319 g/mol. The Bertz CT molecular complexity index is 647. The van der Waals surface area contributed by atoms with E-state index in [4.69, 9.17) is 5.26 Å². The summed E-state index contributed by atoms with van der Waals surface area (Å²) in [4.78, 5) is 0. The van der Waals surface area contributed by atoms with Gasteiger partial charge in [-0.15, -0.1) is 0 Å². The lowest BCUT2D eigenvalue weighted by Crippen LogP contribution is -2.01. The quantitative estimate of drug-likeness (QED) is 0.911. The molecule has 2 aromatic carbocycles. The fourth-order valence-electron chi connectivity index (χ4n) is 1.77. The van der Waals surface area contributed by atoms with Crippen LogP contribution >= 0.6 is 15.9 Å². The van der Waals surface area contributed by atoms with Crippen LogP contribution in [0.25, 0.3) is 0 Å². The fourth-order valence-corrected chi connectivity index (χ4v) is 2.15. The summed E-state index contributed by atoms with van der Waals surface area (Å²) in [6.07, 6.45) is 0. The lowest BCUT2D eigenvalue weighted by atomic mass is 10.1. The zero-order chi connectivity index (χ0) is 13.8. The van der Waals surface area contributed by atoms with Gasteiger partial charge in [-0.3, -0.25) is 0 Å². The van der Waals surface area contributed by atoms with Crippen LogP contribution in [0, 0.1) is 24.1 Å². The van der Waals surface area contributed by atoms with E-state index in [1.807, 2.05) is 19.1 Å². The van der Waals surface area contributed by atoms with Crippen LogP contribution in [-0.4, -0.2) is 0 Å². The molecule has 4 heteroatoms. The highest BCUT2D eigenvalue weighted by atomic mass is 79.9. The van der Waals surface area contributed by atoms with Crippen molar-refractivity contribution in [1.29, 1.82) is 5.26 Å². The van der Waals surface area contributed by atoms with E-state index >= 15 is 0 Å². The summed E-state index contributed by atoms with van der Waals surface area (Å²) in [7, 11) is 0.